The molecule has 1 N–H and O–H groups in total. The molecule has 1 fully saturated rings. The predicted octanol–water partition coefficient (Wildman–Crippen LogP) is 2.94. The third-order valence-corrected chi connectivity index (χ3v) is 5.03. The molecule has 1 aliphatic carbocycles. The quantitative estimate of drug-likeness (QED) is 0.853. The first kappa shape index (κ1) is 13.6. The molecule has 0 spiro atoms. The van der Waals surface area contributed by atoms with E-state index in [9.17, 15) is 8.42 Å². The Bertz CT molecular complexity index is 448. The van der Waals surface area contributed by atoms with Crippen molar-refractivity contribution in [2.45, 2.75) is 43.4 Å². The zero-order valence-corrected chi connectivity index (χ0v) is 11.5. The van der Waals surface area contributed by atoms with Gasteiger partial charge < -0.3 is 0 Å². The van der Waals surface area contributed by atoms with Crippen molar-refractivity contribution in [2.75, 3.05) is 6.54 Å². The Morgan fingerprint density at radius 2 is 1.61 bits per heavy atom. The van der Waals surface area contributed by atoms with Gasteiger partial charge >= 0.3 is 0 Å². The van der Waals surface area contributed by atoms with Gasteiger partial charge in [0.15, 0.2) is 0 Å². The summed E-state index contributed by atoms with van der Waals surface area (Å²) in [7, 11) is -3.32. The molecular weight excluding hydrogens is 246 g/mol. The Balaban J connectivity index is 1.92. The molecule has 4 heteroatoms. The molecule has 18 heavy (non-hydrogen) atoms. The third-order valence-electron chi connectivity index (χ3n) is 3.59. The molecule has 1 saturated carbocycles. The van der Waals surface area contributed by atoms with Crippen molar-refractivity contribution in [1.82, 2.24) is 4.72 Å². The van der Waals surface area contributed by atoms with E-state index < -0.39 is 10.0 Å². The van der Waals surface area contributed by atoms with Crippen molar-refractivity contribution in [3.63, 3.8) is 0 Å². The van der Waals surface area contributed by atoms with Crippen LogP contribution in [0.4, 0.5) is 0 Å². The van der Waals surface area contributed by atoms with Crippen LogP contribution in [0, 0.1) is 5.92 Å². The van der Waals surface area contributed by atoms with Crippen LogP contribution in [-0.4, -0.2) is 15.0 Å². The summed E-state index contributed by atoms with van der Waals surface area (Å²) in [4.78, 5) is 0.360. The summed E-state index contributed by atoms with van der Waals surface area (Å²) in [5.41, 5.74) is 0. The maximum Gasteiger partial charge on any atom is 0.240 e. The molecule has 0 radical (unpaired) electrons. The van der Waals surface area contributed by atoms with Crippen LogP contribution in [0.1, 0.15) is 38.5 Å². The number of benzene rings is 1. The third kappa shape index (κ3) is 3.82. The van der Waals surface area contributed by atoms with E-state index in [1.165, 1.54) is 25.7 Å². The van der Waals surface area contributed by atoms with Crippen molar-refractivity contribution < 1.29 is 8.42 Å². The minimum absolute atomic E-state index is 0.360. The fourth-order valence-electron chi connectivity index (χ4n) is 2.48. The van der Waals surface area contributed by atoms with E-state index in [0.29, 0.717) is 17.4 Å². The molecule has 100 valence electrons. The maximum absolute atomic E-state index is 12.0. The van der Waals surface area contributed by atoms with Crippen LogP contribution in [0.25, 0.3) is 0 Å². The molecule has 0 atom stereocenters. The highest BCUT2D eigenvalue weighted by molar-refractivity contribution is 7.89. The van der Waals surface area contributed by atoms with Gasteiger partial charge in [0.2, 0.25) is 10.0 Å². The zero-order valence-electron chi connectivity index (χ0n) is 10.6. The second-order valence-corrected chi connectivity index (χ2v) is 6.79. The zero-order chi connectivity index (χ0) is 12.8. The Morgan fingerprint density at radius 3 is 2.22 bits per heavy atom. The lowest BCUT2D eigenvalue weighted by atomic mass is 10.0. The van der Waals surface area contributed by atoms with E-state index in [1.807, 2.05) is 6.07 Å². The molecular formula is C14H21NO2S. The van der Waals surface area contributed by atoms with Gasteiger partial charge in [-0.15, -0.1) is 0 Å². The van der Waals surface area contributed by atoms with Crippen LogP contribution in [-0.2, 0) is 10.0 Å². The van der Waals surface area contributed by atoms with Crippen LogP contribution in [0.2, 0.25) is 0 Å². The molecule has 0 saturated heterocycles. The summed E-state index contributed by atoms with van der Waals surface area (Å²) in [5, 5.41) is 0. The van der Waals surface area contributed by atoms with Gasteiger partial charge in [-0.1, -0.05) is 43.9 Å². The largest absolute Gasteiger partial charge is 0.240 e. The van der Waals surface area contributed by atoms with E-state index in [2.05, 4.69) is 4.72 Å². The molecule has 0 aliphatic heterocycles. The second-order valence-electron chi connectivity index (χ2n) is 5.02. The second kappa shape index (κ2) is 6.34. The summed E-state index contributed by atoms with van der Waals surface area (Å²) in [5.74, 6) is 0.506. The highest BCUT2D eigenvalue weighted by Gasteiger charge is 2.17. The van der Waals surface area contributed by atoms with Crippen molar-refractivity contribution in [3.8, 4) is 0 Å². The first-order valence-corrected chi connectivity index (χ1v) is 8.21. The molecule has 0 heterocycles. The number of hydrogen-bond acceptors (Lipinski definition) is 2. The minimum Gasteiger partial charge on any atom is -0.211 e. The average molecular weight is 267 g/mol. The molecule has 0 amide bonds. The Morgan fingerprint density at radius 1 is 1.00 bits per heavy atom. The Kier molecular flexibility index (Phi) is 4.78. The normalized spacial score (nSPS) is 18.4. The van der Waals surface area contributed by atoms with Crippen LogP contribution >= 0.6 is 0 Å². The van der Waals surface area contributed by atoms with E-state index in [4.69, 9.17) is 0 Å². The first-order valence-electron chi connectivity index (χ1n) is 6.73. The van der Waals surface area contributed by atoms with Crippen LogP contribution in [0.15, 0.2) is 35.2 Å². The van der Waals surface area contributed by atoms with Gasteiger partial charge in [-0.3, -0.25) is 0 Å². The molecule has 0 bridgehead atoms. The summed E-state index contributed by atoms with van der Waals surface area (Å²) in [6, 6.07) is 8.59. The van der Waals surface area contributed by atoms with Gasteiger partial charge in [-0.05, 0) is 30.9 Å². The van der Waals surface area contributed by atoms with Crippen LogP contribution in [0.5, 0.6) is 0 Å². The molecule has 3 nitrogen and oxygen atoms in total. The van der Waals surface area contributed by atoms with Crippen molar-refractivity contribution >= 4 is 10.0 Å². The molecule has 1 aromatic carbocycles. The van der Waals surface area contributed by atoms with Gasteiger partial charge in [-0.25, -0.2) is 13.1 Å². The summed E-state index contributed by atoms with van der Waals surface area (Å²) in [6.07, 6.45) is 7.36. The number of rotatable bonds is 4. The minimum atomic E-state index is -3.32. The monoisotopic (exact) mass is 267 g/mol. The van der Waals surface area contributed by atoms with Crippen LogP contribution < -0.4 is 4.72 Å². The number of hydrogen-bond donors (Lipinski definition) is 1. The van der Waals surface area contributed by atoms with Gasteiger partial charge in [0.1, 0.15) is 0 Å². The lowest BCUT2D eigenvalue weighted by Gasteiger charge is -2.14. The van der Waals surface area contributed by atoms with Gasteiger partial charge in [0, 0.05) is 6.54 Å². The van der Waals surface area contributed by atoms with Crippen molar-refractivity contribution in [1.29, 1.82) is 0 Å². The molecule has 0 unspecified atom stereocenters. The SMILES string of the molecule is O=S(=O)(NCC1CCCCCC1)c1ccccc1. The average Bonchev–Trinajstić information content (AvgIpc) is 2.66. The summed E-state index contributed by atoms with van der Waals surface area (Å²) < 4.78 is 26.8. The molecule has 0 aromatic heterocycles. The molecule has 2 rings (SSSR count). The molecule has 1 aliphatic rings. The van der Waals surface area contributed by atoms with Crippen LogP contribution in [0.3, 0.4) is 0 Å². The first-order chi connectivity index (χ1) is 8.68. The Hall–Kier alpha value is -0.870. The fourth-order valence-corrected chi connectivity index (χ4v) is 3.62. The van der Waals surface area contributed by atoms with Crippen molar-refractivity contribution in [2.24, 2.45) is 5.92 Å². The molecule has 1 aromatic rings. The lowest BCUT2D eigenvalue weighted by molar-refractivity contribution is 0.451. The summed E-state index contributed by atoms with van der Waals surface area (Å²) in [6.45, 7) is 0.581. The van der Waals surface area contributed by atoms with Crippen molar-refractivity contribution in [3.05, 3.63) is 30.3 Å². The van der Waals surface area contributed by atoms with Gasteiger partial charge in [-0.2, -0.15) is 0 Å². The predicted molar refractivity (Wildman–Crippen MR) is 72.8 cm³/mol. The van der Waals surface area contributed by atoms with Gasteiger partial charge in [0.25, 0.3) is 0 Å². The highest BCUT2D eigenvalue weighted by Crippen LogP contribution is 2.22. The maximum atomic E-state index is 12.0. The van der Waals surface area contributed by atoms with E-state index in [1.54, 1.807) is 24.3 Å². The van der Waals surface area contributed by atoms with Gasteiger partial charge in [0.05, 0.1) is 4.90 Å². The topological polar surface area (TPSA) is 46.2 Å². The highest BCUT2D eigenvalue weighted by atomic mass is 32.2. The smallest absolute Gasteiger partial charge is 0.211 e. The number of sulfonamides is 1. The standard InChI is InChI=1S/C14H21NO2S/c16-18(17,14-10-6-3-7-11-14)15-12-13-8-4-1-2-5-9-13/h3,6-7,10-11,13,15H,1-2,4-5,8-9,12H2. The van der Waals surface area contributed by atoms with E-state index in [-0.39, 0.29) is 0 Å². The fraction of sp³-hybridized carbons (Fsp3) is 0.571. The number of nitrogens with one attached hydrogen (secondary N) is 1. The van der Waals surface area contributed by atoms with E-state index in [0.717, 1.165) is 12.8 Å². The van der Waals surface area contributed by atoms with E-state index >= 15 is 0 Å². The Labute approximate surface area is 110 Å². The lowest BCUT2D eigenvalue weighted by Crippen LogP contribution is -2.29. The summed E-state index contributed by atoms with van der Waals surface area (Å²) >= 11 is 0.